The standard InChI is InChI=1S/C23H27ClFN3O6S2/c1-16(8-13-35(3,30)31)27-22(29)23(25)9-11-28(12-10-23)36(32,33)20-15-26-21(34-2)14-18(20)17-6-4-5-7-19(17)24/h4-8,13-16H,9-12H2,1-3H3,(H,27,29)/b13-8-/t16-/m0/s1. The molecule has 36 heavy (non-hydrogen) atoms. The summed E-state index contributed by atoms with van der Waals surface area (Å²) in [7, 11) is -6.12. The predicted molar refractivity (Wildman–Crippen MR) is 135 cm³/mol. The number of nitrogens with zero attached hydrogens (tertiary/aromatic N) is 2. The SMILES string of the molecule is COc1cc(-c2ccccc2Cl)c(S(=O)(=O)N2CCC(F)(C(=O)N[C@@H](C)/C=C\S(C)(=O)=O)CC2)cn1. The summed E-state index contributed by atoms with van der Waals surface area (Å²) in [5.74, 6) is -0.728. The Balaban J connectivity index is 1.81. The highest BCUT2D eigenvalue weighted by Crippen LogP contribution is 2.37. The molecule has 1 fully saturated rings. The number of carbonyl (C=O) groups excluding carboxylic acids is 1. The van der Waals surface area contributed by atoms with Gasteiger partial charge in [0.15, 0.2) is 15.5 Å². The summed E-state index contributed by atoms with van der Waals surface area (Å²) in [6.07, 6.45) is 2.67. The van der Waals surface area contributed by atoms with Crippen LogP contribution in [0.25, 0.3) is 11.1 Å². The van der Waals surface area contributed by atoms with Gasteiger partial charge in [0.2, 0.25) is 15.9 Å². The first-order valence-corrected chi connectivity index (χ1v) is 14.7. The van der Waals surface area contributed by atoms with Gasteiger partial charge in [-0.05, 0) is 13.0 Å². The Kier molecular flexibility index (Phi) is 8.44. The minimum absolute atomic E-state index is 0.119. The molecule has 2 aromatic rings. The Bertz CT molecular complexity index is 1370. The van der Waals surface area contributed by atoms with Gasteiger partial charge >= 0.3 is 0 Å². The van der Waals surface area contributed by atoms with E-state index in [1.54, 1.807) is 24.3 Å². The van der Waals surface area contributed by atoms with Gasteiger partial charge in [0.1, 0.15) is 4.90 Å². The second kappa shape index (κ2) is 10.8. The maximum Gasteiger partial charge on any atom is 0.258 e. The summed E-state index contributed by atoms with van der Waals surface area (Å²) in [5, 5.41) is 3.69. The Morgan fingerprint density at radius 3 is 2.44 bits per heavy atom. The summed E-state index contributed by atoms with van der Waals surface area (Å²) in [4.78, 5) is 16.5. The number of amides is 1. The molecular weight excluding hydrogens is 533 g/mol. The van der Waals surface area contributed by atoms with Crippen LogP contribution in [0.4, 0.5) is 4.39 Å². The number of alkyl halides is 1. The third-order valence-electron chi connectivity index (χ3n) is 5.73. The maximum atomic E-state index is 15.4. The first-order chi connectivity index (χ1) is 16.8. The molecule has 3 rings (SSSR count). The highest BCUT2D eigenvalue weighted by molar-refractivity contribution is 7.93. The molecule has 0 unspecified atom stereocenters. The molecule has 1 aliphatic heterocycles. The molecule has 0 spiro atoms. The van der Waals surface area contributed by atoms with E-state index in [2.05, 4.69) is 10.3 Å². The van der Waals surface area contributed by atoms with Crippen molar-refractivity contribution >= 4 is 37.4 Å². The van der Waals surface area contributed by atoms with E-state index in [0.29, 0.717) is 10.6 Å². The molecule has 1 aromatic heterocycles. The van der Waals surface area contributed by atoms with Gasteiger partial charge in [0.25, 0.3) is 5.91 Å². The lowest BCUT2D eigenvalue weighted by Crippen LogP contribution is -2.53. The van der Waals surface area contributed by atoms with E-state index in [-0.39, 0.29) is 42.3 Å². The van der Waals surface area contributed by atoms with Crippen LogP contribution in [0.2, 0.25) is 5.02 Å². The number of piperidine rings is 1. The van der Waals surface area contributed by atoms with Crippen molar-refractivity contribution in [2.75, 3.05) is 26.5 Å². The van der Waals surface area contributed by atoms with Crippen LogP contribution in [0.15, 0.2) is 52.9 Å². The molecule has 2 heterocycles. The van der Waals surface area contributed by atoms with Crippen LogP contribution in [0, 0.1) is 0 Å². The topological polar surface area (TPSA) is 123 Å². The zero-order valence-corrected chi connectivity index (χ0v) is 22.3. The number of carbonyl (C=O) groups is 1. The summed E-state index contributed by atoms with van der Waals surface area (Å²) < 4.78 is 71.3. The minimum atomic E-state index is -4.13. The molecule has 1 saturated heterocycles. The number of sulfone groups is 1. The smallest absolute Gasteiger partial charge is 0.258 e. The number of methoxy groups -OCH3 is 1. The molecule has 13 heteroatoms. The second-order valence-corrected chi connectivity index (χ2v) is 12.7. The van der Waals surface area contributed by atoms with Crippen LogP contribution in [-0.4, -0.2) is 70.2 Å². The molecule has 9 nitrogen and oxygen atoms in total. The minimum Gasteiger partial charge on any atom is -0.481 e. The van der Waals surface area contributed by atoms with E-state index in [0.717, 1.165) is 16.0 Å². The summed E-state index contributed by atoms with van der Waals surface area (Å²) in [6.45, 7) is 1.02. The highest BCUT2D eigenvalue weighted by Gasteiger charge is 2.45. The van der Waals surface area contributed by atoms with Crippen molar-refractivity contribution < 1.29 is 30.8 Å². The van der Waals surface area contributed by atoms with Crippen molar-refractivity contribution in [1.82, 2.24) is 14.6 Å². The first kappa shape index (κ1) is 28.0. The molecule has 0 saturated carbocycles. The van der Waals surface area contributed by atoms with Gasteiger partial charge in [0, 0.05) is 65.9 Å². The molecular formula is C23H27ClFN3O6S2. The van der Waals surface area contributed by atoms with Crippen LogP contribution >= 0.6 is 11.6 Å². The third-order valence-corrected chi connectivity index (χ3v) is 8.64. The van der Waals surface area contributed by atoms with E-state index in [9.17, 15) is 21.6 Å². The second-order valence-electron chi connectivity index (χ2n) is 8.49. The van der Waals surface area contributed by atoms with Gasteiger partial charge in [-0.3, -0.25) is 4.79 Å². The lowest BCUT2D eigenvalue weighted by atomic mass is 9.93. The number of pyridine rings is 1. The van der Waals surface area contributed by atoms with Gasteiger partial charge in [-0.1, -0.05) is 35.9 Å². The largest absolute Gasteiger partial charge is 0.481 e. The van der Waals surface area contributed by atoms with Gasteiger partial charge in [-0.25, -0.2) is 26.2 Å². The number of halogens is 2. The van der Waals surface area contributed by atoms with Gasteiger partial charge < -0.3 is 10.1 Å². The number of rotatable bonds is 8. The number of sulfonamides is 1. The molecule has 1 aliphatic rings. The first-order valence-electron chi connectivity index (χ1n) is 10.9. The van der Waals surface area contributed by atoms with Crippen LogP contribution in [0.5, 0.6) is 5.88 Å². The monoisotopic (exact) mass is 559 g/mol. The summed E-state index contributed by atoms with van der Waals surface area (Å²) in [5.41, 5.74) is -1.55. The fraction of sp³-hybridized carbons (Fsp3) is 0.391. The molecule has 1 N–H and O–H groups in total. The summed E-state index contributed by atoms with van der Waals surface area (Å²) >= 11 is 6.32. The number of hydrogen-bond acceptors (Lipinski definition) is 7. The fourth-order valence-corrected chi connectivity index (χ4v) is 6.06. The van der Waals surface area contributed by atoms with Crippen molar-refractivity contribution in [3.8, 4) is 17.0 Å². The Morgan fingerprint density at radius 2 is 1.86 bits per heavy atom. The number of benzene rings is 1. The molecule has 1 amide bonds. The zero-order chi connectivity index (χ0) is 26.7. The molecule has 0 radical (unpaired) electrons. The normalized spacial score (nSPS) is 17.6. The van der Waals surface area contributed by atoms with Crippen molar-refractivity contribution in [2.24, 2.45) is 0 Å². The molecule has 0 aliphatic carbocycles. The van der Waals surface area contributed by atoms with Crippen molar-refractivity contribution in [3.63, 3.8) is 0 Å². The average Bonchev–Trinajstić information content (AvgIpc) is 2.82. The lowest BCUT2D eigenvalue weighted by molar-refractivity contribution is -0.135. The molecule has 196 valence electrons. The quantitative estimate of drug-likeness (QED) is 0.527. The van der Waals surface area contributed by atoms with Gasteiger partial charge in [-0.15, -0.1) is 0 Å². The van der Waals surface area contributed by atoms with E-state index >= 15 is 4.39 Å². The van der Waals surface area contributed by atoms with Crippen LogP contribution in [0.1, 0.15) is 19.8 Å². The lowest BCUT2D eigenvalue weighted by Gasteiger charge is -2.35. The fourth-order valence-electron chi connectivity index (χ4n) is 3.72. The highest BCUT2D eigenvalue weighted by atomic mass is 35.5. The van der Waals surface area contributed by atoms with E-state index in [1.165, 1.54) is 32.4 Å². The Labute approximate surface area is 215 Å². The van der Waals surface area contributed by atoms with E-state index < -0.39 is 37.5 Å². The summed E-state index contributed by atoms with van der Waals surface area (Å²) in [6, 6.07) is 7.47. The molecule has 1 aromatic carbocycles. The van der Waals surface area contributed by atoms with E-state index in [1.807, 2.05) is 0 Å². The predicted octanol–water partition coefficient (Wildman–Crippen LogP) is 2.97. The number of nitrogens with one attached hydrogen (secondary N) is 1. The average molecular weight is 560 g/mol. The number of ether oxygens (including phenoxy) is 1. The maximum absolute atomic E-state index is 15.4. The Morgan fingerprint density at radius 1 is 1.22 bits per heavy atom. The number of hydrogen-bond donors (Lipinski definition) is 1. The zero-order valence-electron chi connectivity index (χ0n) is 19.9. The Hall–Kier alpha value is -2.54. The van der Waals surface area contributed by atoms with E-state index in [4.69, 9.17) is 16.3 Å². The van der Waals surface area contributed by atoms with Crippen LogP contribution in [0.3, 0.4) is 0 Å². The van der Waals surface area contributed by atoms with Crippen molar-refractivity contribution in [3.05, 3.63) is 53.0 Å². The van der Waals surface area contributed by atoms with Crippen molar-refractivity contribution in [2.45, 2.75) is 36.4 Å². The molecule has 1 atom stereocenters. The van der Waals surface area contributed by atoms with Crippen LogP contribution in [-0.2, 0) is 24.7 Å². The number of aromatic nitrogens is 1. The third kappa shape index (κ3) is 6.41. The van der Waals surface area contributed by atoms with Gasteiger partial charge in [-0.2, -0.15) is 4.31 Å². The van der Waals surface area contributed by atoms with Gasteiger partial charge in [0.05, 0.1) is 13.3 Å². The molecule has 0 bridgehead atoms. The van der Waals surface area contributed by atoms with Crippen molar-refractivity contribution in [1.29, 1.82) is 0 Å². The van der Waals surface area contributed by atoms with Crippen LogP contribution < -0.4 is 10.1 Å².